The monoisotopic (exact) mass is 396 g/mol. The van der Waals surface area contributed by atoms with E-state index < -0.39 is 0 Å². The predicted molar refractivity (Wildman–Crippen MR) is 101 cm³/mol. The van der Waals surface area contributed by atoms with Crippen LogP contribution in [0.5, 0.6) is 0 Å². The molecule has 0 atom stereocenters. The molecule has 1 aliphatic carbocycles. The van der Waals surface area contributed by atoms with Gasteiger partial charge in [-0.25, -0.2) is 4.98 Å². The molecule has 0 spiro atoms. The lowest BCUT2D eigenvalue weighted by molar-refractivity contribution is -0.117. The van der Waals surface area contributed by atoms with Crippen LogP contribution in [0.15, 0.2) is 30.3 Å². The molecule has 24 heavy (non-hydrogen) atoms. The van der Waals surface area contributed by atoms with Gasteiger partial charge in [0.2, 0.25) is 5.91 Å². The molecule has 122 valence electrons. The Bertz CT molecular complexity index is 943. The van der Waals surface area contributed by atoms with Crippen molar-refractivity contribution < 1.29 is 4.79 Å². The average Bonchev–Trinajstić information content (AvgIpc) is 3.27. The molecule has 1 N–H and O–H groups in total. The van der Waals surface area contributed by atoms with Crippen molar-refractivity contribution in [3.63, 3.8) is 0 Å². The second-order valence-corrected chi connectivity index (χ2v) is 7.99. The normalized spacial score (nSPS) is 14.1. The van der Waals surface area contributed by atoms with Crippen LogP contribution in [0.4, 0.5) is 5.13 Å². The Balaban J connectivity index is 1.72. The van der Waals surface area contributed by atoms with Crippen molar-refractivity contribution in [1.82, 2.24) is 4.98 Å². The van der Waals surface area contributed by atoms with Crippen molar-refractivity contribution in [3.8, 4) is 11.1 Å². The van der Waals surface area contributed by atoms with Gasteiger partial charge >= 0.3 is 0 Å². The molecule has 1 amide bonds. The Hall–Kier alpha value is -1.33. The highest BCUT2D eigenvalue weighted by Gasteiger charge is 2.30. The Morgan fingerprint density at radius 1 is 1.12 bits per heavy atom. The maximum atomic E-state index is 11.9. The van der Waals surface area contributed by atoms with Crippen LogP contribution < -0.4 is 5.32 Å². The van der Waals surface area contributed by atoms with E-state index in [2.05, 4.69) is 10.3 Å². The van der Waals surface area contributed by atoms with E-state index in [1.54, 1.807) is 12.1 Å². The van der Waals surface area contributed by atoms with E-state index in [9.17, 15) is 4.79 Å². The summed E-state index contributed by atoms with van der Waals surface area (Å²) in [5, 5.41) is 4.99. The molecule has 0 aliphatic heterocycles. The van der Waals surface area contributed by atoms with Gasteiger partial charge in [-0.05, 0) is 42.7 Å². The lowest BCUT2D eigenvalue weighted by Gasteiger charge is -2.08. The summed E-state index contributed by atoms with van der Waals surface area (Å²) in [6.07, 6.45) is 1.93. The predicted octanol–water partition coefficient (Wildman–Crippen LogP) is 6.27. The molecular weight excluding hydrogens is 387 g/mol. The molecule has 1 aromatic heterocycles. The fraction of sp³-hybridized carbons (Fsp3) is 0.176. The van der Waals surface area contributed by atoms with E-state index in [0.29, 0.717) is 20.2 Å². The molecule has 0 radical (unpaired) electrons. The lowest BCUT2D eigenvalue weighted by Crippen LogP contribution is -2.12. The molecule has 0 unspecified atom stereocenters. The van der Waals surface area contributed by atoms with E-state index in [1.165, 1.54) is 11.3 Å². The maximum absolute atomic E-state index is 11.9. The van der Waals surface area contributed by atoms with Gasteiger partial charge in [0, 0.05) is 16.5 Å². The molecule has 0 bridgehead atoms. The summed E-state index contributed by atoms with van der Waals surface area (Å²) >= 11 is 20.0. The molecule has 3 nitrogen and oxygen atoms in total. The van der Waals surface area contributed by atoms with Gasteiger partial charge in [-0.15, -0.1) is 0 Å². The van der Waals surface area contributed by atoms with Crippen LogP contribution in [0.25, 0.3) is 21.3 Å². The Kier molecular flexibility index (Phi) is 4.17. The highest BCUT2D eigenvalue weighted by atomic mass is 35.5. The number of carbonyl (C=O) groups excluding carboxylic acids is 1. The molecule has 1 heterocycles. The summed E-state index contributed by atoms with van der Waals surface area (Å²) in [6.45, 7) is 0. The van der Waals surface area contributed by atoms with Crippen LogP contribution in [0.2, 0.25) is 15.1 Å². The zero-order valence-electron chi connectivity index (χ0n) is 12.3. The first-order chi connectivity index (χ1) is 11.5. The smallest absolute Gasteiger partial charge is 0.229 e. The molecule has 1 aliphatic rings. The summed E-state index contributed by atoms with van der Waals surface area (Å²) in [7, 11) is 0. The summed E-state index contributed by atoms with van der Waals surface area (Å²) in [5.41, 5.74) is 2.45. The second kappa shape index (κ2) is 6.19. The van der Waals surface area contributed by atoms with Gasteiger partial charge in [-0.3, -0.25) is 4.79 Å². The summed E-state index contributed by atoms with van der Waals surface area (Å²) < 4.78 is 0.959. The van der Waals surface area contributed by atoms with E-state index >= 15 is 0 Å². The van der Waals surface area contributed by atoms with Gasteiger partial charge in [0.25, 0.3) is 0 Å². The van der Waals surface area contributed by atoms with Crippen LogP contribution in [0.3, 0.4) is 0 Å². The fourth-order valence-electron chi connectivity index (χ4n) is 2.50. The Morgan fingerprint density at radius 3 is 2.50 bits per heavy atom. The van der Waals surface area contributed by atoms with Gasteiger partial charge in [0.15, 0.2) is 5.13 Å². The minimum Gasteiger partial charge on any atom is -0.302 e. The van der Waals surface area contributed by atoms with Crippen molar-refractivity contribution in [1.29, 1.82) is 0 Å². The van der Waals surface area contributed by atoms with Crippen LogP contribution in [-0.4, -0.2) is 10.9 Å². The number of carbonyl (C=O) groups is 1. The maximum Gasteiger partial charge on any atom is 0.229 e. The number of halogens is 3. The number of amides is 1. The standard InChI is InChI=1S/C17H11Cl3N2OS/c18-10-6-11(19)15(12(20)7-10)9-3-4-13-14(5-9)24-17(21-13)22-16(23)8-1-2-8/h3-8H,1-2H2,(H,21,22,23). The SMILES string of the molecule is O=C(Nc1nc2ccc(-c3c(Cl)cc(Cl)cc3Cl)cc2s1)C1CC1. The van der Waals surface area contributed by atoms with Crippen molar-refractivity contribution in [2.75, 3.05) is 5.32 Å². The number of aromatic nitrogens is 1. The van der Waals surface area contributed by atoms with E-state index in [-0.39, 0.29) is 11.8 Å². The zero-order chi connectivity index (χ0) is 16.8. The summed E-state index contributed by atoms with van der Waals surface area (Å²) in [5.74, 6) is 0.206. The van der Waals surface area contributed by atoms with Crippen molar-refractivity contribution >= 4 is 67.4 Å². The lowest BCUT2D eigenvalue weighted by atomic mass is 10.1. The van der Waals surface area contributed by atoms with E-state index in [1.807, 2.05) is 18.2 Å². The first kappa shape index (κ1) is 16.2. The third-order valence-corrected chi connectivity index (χ3v) is 5.61. The Labute approximate surface area is 157 Å². The van der Waals surface area contributed by atoms with Crippen LogP contribution >= 0.6 is 46.1 Å². The van der Waals surface area contributed by atoms with Gasteiger partial charge in [-0.2, -0.15) is 0 Å². The quantitative estimate of drug-likeness (QED) is 0.565. The number of rotatable bonds is 3. The third kappa shape index (κ3) is 3.11. The largest absolute Gasteiger partial charge is 0.302 e. The molecule has 7 heteroatoms. The number of thiazole rings is 1. The van der Waals surface area contributed by atoms with Gasteiger partial charge < -0.3 is 5.32 Å². The van der Waals surface area contributed by atoms with E-state index in [4.69, 9.17) is 34.8 Å². The molecule has 1 saturated carbocycles. The van der Waals surface area contributed by atoms with Gasteiger partial charge in [-0.1, -0.05) is 52.2 Å². The van der Waals surface area contributed by atoms with Crippen LogP contribution in [-0.2, 0) is 4.79 Å². The number of benzene rings is 2. The molecule has 3 aromatic rings. The van der Waals surface area contributed by atoms with Gasteiger partial charge in [0.1, 0.15) is 0 Å². The number of hydrogen-bond acceptors (Lipinski definition) is 3. The summed E-state index contributed by atoms with van der Waals surface area (Å²) in [4.78, 5) is 16.3. The molecule has 0 saturated heterocycles. The fourth-order valence-corrected chi connectivity index (χ4v) is 4.45. The minimum absolute atomic E-state index is 0.0538. The molecule has 2 aromatic carbocycles. The van der Waals surface area contributed by atoms with Crippen molar-refractivity contribution in [2.24, 2.45) is 5.92 Å². The van der Waals surface area contributed by atoms with E-state index in [0.717, 1.165) is 34.2 Å². The second-order valence-electron chi connectivity index (χ2n) is 5.71. The van der Waals surface area contributed by atoms with Crippen LogP contribution in [0.1, 0.15) is 12.8 Å². The number of nitrogens with one attached hydrogen (secondary N) is 1. The topological polar surface area (TPSA) is 42.0 Å². The number of anilines is 1. The molecular formula is C17H11Cl3N2OS. The zero-order valence-corrected chi connectivity index (χ0v) is 15.4. The van der Waals surface area contributed by atoms with Crippen molar-refractivity contribution in [3.05, 3.63) is 45.4 Å². The number of hydrogen-bond donors (Lipinski definition) is 1. The third-order valence-electron chi connectivity index (χ3n) is 3.86. The number of fused-ring (bicyclic) bond motifs is 1. The highest BCUT2D eigenvalue weighted by Crippen LogP contribution is 2.39. The first-order valence-corrected chi connectivity index (χ1v) is 9.32. The van der Waals surface area contributed by atoms with Crippen LogP contribution in [0, 0.1) is 5.92 Å². The first-order valence-electron chi connectivity index (χ1n) is 7.37. The number of nitrogens with zero attached hydrogens (tertiary/aromatic N) is 1. The average molecular weight is 398 g/mol. The highest BCUT2D eigenvalue weighted by molar-refractivity contribution is 7.22. The molecule has 1 fully saturated rings. The van der Waals surface area contributed by atoms with Crippen molar-refractivity contribution in [2.45, 2.75) is 12.8 Å². The Morgan fingerprint density at radius 2 is 1.83 bits per heavy atom. The summed E-state index contributed by atoms with van der Waals surface area (Å²) in [6, 6.07) is 9.12. The van der Waals surface area contributed by atoms with Gasteiger partial charge in [0.05, 0.1) is 20.3 Å². The minimum atomic E-state index is 0.0538. The molecule has 4 rings (SSSR count).